The SMILES string of the molecule is O=C(CSC1=Nc2ccccc2CS1)N1CCN(S(=O)(=O)/C=C/c2ccccc2)CC1. The summed E-state index contributed by atoms with van der Waals surface area (Å²) in [6.45, 7) is 1.42. The molecular weight excluding hydrogens is 450 g/mol. The zero-order valence-corrected chi connectivity index (χ0v) is 19.3. The molecule has 0 aromatic heterocycles. The predicted octanol–water partition coefficient (Wildman–Crippen LogP) is 3.80. The molecule has 31 heavy (non-hydrogen) atoms. The number of carbonyl (C=O) groups excluding carboxylic acids is 1. The first kappa shape index (κ1) is 22.1. The maximum Gasteiger partial charge on any atom is 0.236 e. The van der Waals surface area contributed by atoms with Gasteiger partial charge < -0.3 is 4.90 Å². The lowest BCUT2D eigenvalue weighted by Crippen LogP contribution is -2.50. The summed E-state index contributed by atoms with van der Waals surface area (Å²) in [5.41, 5.74) is 3.02. The Morgan fingerprint density at radius 3 is 2.52 bits per heavy atom. The van der Waals surface area contributed by atoms with Crippen LogP contribution in [0.4, 0.5) is 5.69 Å². The van der Waals surface area contributed by atoms with Crippen LogP contribution in [0.25, 0.3) is 6.08 Å². The van der Waals surface area contributed by atoms with Crippen molar-refractivity contribution >= 4 is 55.6 Å². The third-order valence-corrected chi connectivity index (χ3v) is 8.85. The first-order chi connectivity index (χ1) is 15.0. The van der Waals surface area contributed by atoms with Gasteiger partial charge in [0, 0.05) is 37.3 Å². The van der Waals surface area contributed by atoms with E-state index in [1.165, 1.54) is 27.0 Å². The van der Waals surface area contributed by atoms with E-state index in [1.54, 1.807) is 22.7 Å². The molecule has 2 heterocycles. The fourth-order valence-electron chi connectivity index (χ4n) is 3.31. The van der Waals surface area contributed by atoms with Gasteiger partial charge in [0.1, 0.15) is 4.38 Å². The average molecular weight is 474 g/mol. The van der Waals surface area contributed by atoms with E-state index in [0.29, 0.717) is 31.9 Å². The maximum atomic E-state index is 12.6. The molecule has 0 N–H and O–H groups in total. The summed E-state index contributed by atoms with van der Waals surface area (Å²) < 4.78 is 27.5. The van der Waals surface area contributed by atoms with Gasteiger partial charge in [-0.15, -0.1) is 0 Å². The van der Waals surface area contributed by atoms with Crippen molar-refractivity contribution in [2.75, 3.05) is 31.9 Å². The second-order valence-electron chi connectivity index (χ2n) is 7.12. The Hall–Kier alpha value is -2.07. The van der Waals surface area contributed by atoms with Crippen LogP contribution in [0.3, 0.4) is 0 Å². The minimum absolute atomic E-state index is 0.0176. The molecule has 0 spiro atoms. The number of aliphatic imine (C=N–C) groups is 1. The Bertz CT molecular complexity index is 1090. The van der Waals surface area contributed by atoms with Gasteiger partial charge in [0.15, 0.2) is 0 Å². The fourth-order valence-corrected chi connectivity index (χ4v) is 6.45. The van der Waals surface area contributed by atoms with Crippen molar-refractivity contribution < 1.29 is 13.2 Å². The zero-order valence-electron chi connectivity index (χ0n) is 16.9. The van der Waals surface area contributed by atoms with Crippen molar-refractivity contribution in [1.82, 2.24) is 9.21 Å². The molecule has 0 atom stereocenters. The number of hydrogen-bond donors (Lipinski definition) is 0. The van der Waals surface area contributed by atoms with Crippen molar-refractivity contribution in [1.29, 1.82) is 0 Å². The molecule has 4 rings (SSSR count). The van der Waals surface area contributed by atoms with E-state index >= 15 is 0 Å². The van der Waals surface area contributed by atoms with Gasteiger partial charge in [-0.1, -0.05) is 72.1 Å². The monoisotopic (exact) mass is 473 g/mol. The Balaban J connectivity index is 1.27. The van der Waals surface area contributed by atoms with E-state index in [1.807, 2.05) is 48.5 Å². The number of rotatable bonds is 5. The molecule has 0 radical (unpaired) electrons. The van der Waals surface area contributed by atoms with Crippen LogP contribution in [-0.4, -0.2) is 59.8 Å². The highest BCUT2D eigenvalue weighted by molar-refractivity contribution is 8.38. The first-order valence-electron chi connectivity index (χ1n) is 9.94. The highest BCUT2D eigenvalue weighted by Crippen LogP contribution is 2.34. The van der Waals surface area contributed by atoms with E-state index in [0.717, 1.165) is 21.4 Å². The van der Waals surface area contributed by atoms with Crippen molar-refractivity contribution in [2.24, 2.45) is 4.99 Å². The average Bonchev–Trinajstić information content (AvgIpc) is 2.82. The predicted molar refractivity (Wildman–Crippen MR) is 130 cm³/mol. The van der Waals surface area contributed by atoms with Gasteiger partial charge in [-0.2, -0.15) is 4.31 Å². The van der Waals surface area contributed by atoms with Gasteiger partial charge in [0.25, 0.3) is 0 Å². The Morgan fingerprint density at radius 1 is 1.03 bits per heavy atom. The van der Waals surface area contributed by atoms with E-state index in [-0.39, 0.29) is 5.91 Å². The maximum absolute atomic E-state index is 12.6. The number of para-hydroxylation sites is 1. The Morgan fingerprint density at radius 2 is 1.74 bits per heavy atom. The summed E-state index contributed by atoms with van der Waals surface area (Å²) in [7, 11) is -3.50. The van der Waals surface area contributed by atoms with Crippen molar-refractivity contribution in [3.8, 4) is 0 Å². The molecule has 1 amide bonds. The van der Waals surface area contributed by atoms with E-state index < -0.39 is 10.0 Å². The summed E-state index contributed by atoms with van der Waals surface area (Å²) in [6.07, 6.45) is 1.60. The fraction of sp³-hybridized carbons (Fsp3) is 0.273. The molecule has 0 unspecified atom stereocenters. The molecule has 162 valence electrons. The van der Waals surface area contributed by atoms with Gasteiger partial charge in [-0.25, -0.2) is 13.4 Å². The van der Waals surface area contributed by atoms with Crippen LogP contribution in [0.15, 0.2) is 65.0 Å². The molecule has 2 aliphatic rings. The highest BCUT2D eigenvalue weighted by Gasteiger charge is 2.27. The van der Waals surface area contributed by atoms with Gasteiger partial charge in [-0.05, 0) is 23.3 Å². The molecule has 6 nitrogen and oxygen atoms in total. The standard InChI is InChI=1S/C22H23N3O3S3/c26-21(17-30-22-23-20-9-5-4-8-19(20)16-29-22)24-11-13-25(14-12-24)31(27,28)15-10-18-6-2-1-3-7-18/h1-10,15H,11-14,16-17H2/b15-10+. The second kappa shape index (κ2) is 10.0. The van der Waals surface area contributed by atoms with Gasteiger partial charge in [-0.3, -0.25) is 4.79 Å². The van der Waals surface area contributed by atoms with Crippen molar-refractivity contribution in [3.05, 3.63) is 71.1 Å². The lowest BCUT2D eigenvalue weighted by molar-refractivity contribution is -0.129. The molecule has 9 heteroatoms. The number of amides is 1. The Kier molecular flexibility index (Phi) is 7.16. The number of benzene rings is 2. The first-order valence-corrected chi connectivity index (χ1v) is 13.4. The lowest BCUT2D eigenvalue weighted by atomic mass is 10.2. The summed E-state index contributed by atoms with van der Waals surface area (Å²) >= 11 is 3.10. The van der Waals surface area contributed by atoms with Gasteiger partial charge in [0.05, 0.1) is 11.4 Å². The summed E-state index contributed by atoms with van der Waals surface area (Å²) in [6, 6.07) is 17.4. The largest absolute Gasteiger partial charge is 0.339 e. The van der Waals surface area contributed by atoms with Crippen LogP contribution >= 0.6 is 23.5 Å². The summed E-state index contributed by atoms with van der Waals surface area (Å²) in [5, 5.41) is 1.24. The molecule has 0 saturated carbocycles. The number of carbonyl (C=O) groups is 1. The molecule has 2 aromatic rings. The van der Waals surface area contributed by atoms with Crippen LogP contribution in [-0.2, 0) is 20.6 Å². The van der Waals surface area contributed by atoms with Crippen molar-refractivity contribution in [3.63, 3.8) is 0 Å². The highest BCUT2D eigenvalue weighted by atomic mass is 32.2. The van der Waals surface area contributed by atoms with Crippen molar-refractivity contribution in [2.45, 2.75) is 5.75 Å². The van der Waals surface area contributed by atoms with Crippen LogP contribution in [0.5, 0.6) is 0 Å². The summed E-state index contributed by atoms with van der Waals surface area (Å²) in [4.78, 5) is 19.0. The van der Waals surface area contributed by atoms with Crippen LogP contribution < -0.4 is 0 Å². The minimum Gasteiger partial charge on any atom is -0.339 e. The number of piperazine rings is 1. The Labute approximate surface area is 191 Å². The number of fused-ring (bicyclic) bond motifs is 1. The van der Waals surface area contributed by atoms with E-state index in [2.05, 4.69) is 11.1 Å². The van der Waals surface area contributed by atoms with E-state index in [9.17, 15) is 13.2 Å². The zero-order chi connectivity index (χ0) is 21.7. The van der Waals surface area contributed by atoms with Crippen LogP contribution in [0.2, 0.25) is 0 Å². The van der Waals surface area contributed by atoms with E-state index in [4.69, 9.17) is 0 Å². The lowest BCUT2D eigenvalue weighted by Gasteiger charge is -2.33. The molecule has 0 bridgehead atoms. The minimum atomic E-state index is -3.50. The smallest absolute Gasteiger partial charge is 0.236 e. The molecule has 2 aromatic carbocycles. The molecule has 1 fully saturated rings. The molecule has 1 saturated heterocycles. The third kappa shape index (κ3) is 5.79. The number of thioether (sulfide) groups is 2. The van der Waals surface area contributed by atoms with Crippen LogP contribution in [0, 0.1) is 0 Å². The second-order valence-corrected chi connectivity index (χ2v) is 11.1. The molecule has 0 aliphatic carbocycles. The number of nitrogens with zero attached hydrogens (tertiary/aromatic N) is 3. The van der Waals surface area contributed by atoms with Gasteiger partial charge in [0.2, 0.25) is 15.9 Å². The number of hydrogen-bond acceptors (Lipinski definition) is 6. The summed E-state index contributed by atoms with van der Waals surface area (Å²) in [5.74, 6) is 1.20. The number of sulfonamides is 1. The van der Waals surface area contributed by atoms with Crippen LogP contribution in [0.1, 0.15) is 11.1 Å². The molecular formula is C22H23N3O3S3. The van der Waals surface area contributed by atoms with Gasteiger partial charge >= 0.3 is 0 Å². The topological polar surface area (TPSA) is 70.1 Å². The quantitative estimate of drug-likeness (QED) is 0.661. The third-order valence-electron chi connectivity index (χ3n) is 5.06. The molecule has 2 aliphatic heterocycles. The normalized spacial score (nSPS) is 17.4.